The van der Waals surface area contributed by atoms with E-state index in [4.69, 9.17) is 14.2 Å². The van der Waals surface area contributed by atoms with Crippen LogP contribution in [0.4, 0.5) is 0 Å². The minimum atomic E-state index is -1.57. The summed E-state index contributed by atoms with van der Waals surface area (Å²) in [4.78, 5) is 25.2. The van der Waals surface area contributed by atoms with Gasteiger partial charge in [-0.15, -0.1) is 0 Å². The van der Waals surface area contributed by atoms with Crippen LogP contribution in [0.5, 0.6) is 0 Å². The molecular weight excluding hydrogens is 1210 g/mol. The van der Waals surface area contributed by atoms with E-state index in [0.717, 1.165) is 51.4 Å². The molecule has 7 unspecified atom stereocenters. The van der Waals surface area contributed by atoms with Crippen molar-refractivity contribution in [1.29, 1.82) is 0 Å². The first-order chi connectivity index (χ1) is 47.7. The number of amides is 1. The summed E-state index contributed by atoms with van der Waals surface area (Å²) in [6, 6.07) is -0.806. The fraction of sp³-hybridized carbons (Fsp3) is 0.907. The van der Waals surface area contributed by atoms with Crippen LogP contribution in [0.2, 0.25) is 0 Å². The highest BCUT2D eigenvalue weighted by molar-refractivity contribution is 5.76. The predicted molar refractivity (Wildman–Crippen MR) is 412 cm³/mol. The zero-order valence-corrected chi connectivity index (χ0v) is 64.1. The highest BCUT2D eigenvalue weighted by Gasteiger charge is 2.44. The number of ether oxygens (including phenoxy) is 3. The minimum absolute atomic E-state index is 0.0172. The van der Waals surface area contributed by atoms with Crippen LogP contribution in [0.15, 0.2) is 36.5 Å². The molecule has 1 aliphatic rings. The molecule has 0 bridgehead atoms. The lowest BCUT2D eigenvalue weighted by molar-refractivity contribution is -0.302. The molecule has 11 heteroatoms. The first-order valence-electron chi connectivity index (χ1n) is 42.8. The Morgan fingerprint density at radius 3 is 0.990 bits per heavy atom. The second-order valence-electron chi connectivity index (χ2n) is 29.9. The molecule has 0 aromatic carbocycles. The van der Waals surface area contributed by atoms with Gasteiger partial charge in [-0.3, -0.25) is 9.59 Å². The van der Waals surface area contributed by atoms with E-state index in [1.165, 1.54) is 360 Å². The molecule has 572 valence electrons. The van der Waals surface area contributed by atoms with Gasteiger partial charge in [0.05, 0.1) is 32.0 Å². The fourth-order valence-corrected chi connectivity index (χ4v) is 13.8. The Morgan fingerprint density at radius 1 is 0.371 bits per heavy atom. The minimum Gasteiger partial charge on any atom is -0.466 e. The van der Waals surface area contributed by atoms with Crippen molar-refractivity contribution in [3.05, 3.63) is 36.5 Å². The maximum Gasteiger partial charge on any atom is 0.305 e. The zero-order valence-electron chi connectivity index (χ0n) is 64.1. The van der Waals surface area contributed by atoms with Crippen LogP contribution in [-0.2, 0) is 23.8 Å². The van der Waals surface area contributed by atoms with Crippen LogP contribution in [0, 0.1) is 0 Å². The summed E-state index contributed by atoms with van der Waals surface area (Å²) in [6.07, 6.45) is 89.2. The average molecular weight is 1370 g/mol. The monoisotopic (exact) mass is 1370 g/mol. The van der Waals surface area contributed by atoms with Crippen LogP contribution in [0.3, 0.4) is 0 Å². The molecule has 11 nitrogen and oxygen atoms in total. The van der Waals surface area contributed by atoms with Gasteiger partial charge < -0.3 is 45.1 Å². The molecule has 1 rings (SSSR count). The fourth-order valence-electron chi connectivity index (χ4n) is 13.8. The third kappa shape index (κ3) is 63.3. The highest BCUT2D eigenvalue weighted by Crippen LogP contribution is 2.24. The summed E-state index contributed by atoms with van der Waals surface area (Å²) >= 11 is 0. The Kier molecular flexibility index (Phi) is 71.9. The Hall–Kier alpha value is -2.12. The molecule has 0 aliphatic carbocycles. The maximum absolute atomic E-state index is 13.1. The molecule has 0 radical (unpaired) electrons. The van der Waals surface area contributed by atoms with Crippen LogP contribution in [0.1, 0.15) is 438 Å². The van der Waals surface area contributed by atoms with Gasteiger partial charge >= 0.3 is 5.97 Å². The zero-order chi connectivity index (χ0) is 70.1. The summed E-state index contributed by atoms with van der Waals surface area (Å²) in [6.45, 7) is 4.39. The van der Waals surface area contributed by atoms with E-state index < -0.39 is 49.5 Å². The summed E-state index contributed by atoms with van der Waals surface area (Å²) in [7, 11) is 0. The summed E-state index contributed by atoms with van der Waals surface area (Å²) < 4.78 is 16.8. The van der Waals surface area contributed by atoms with Crippen molar-refractivity contribution in [3.63, 3.8) is 0 Å². The van der Waals surface area contributed by atoms with Crippen LogP contribution in [0.25, 0.3) is 0 Å². The molecule has 6 N–H and O–H groups in total. The standard InChI is InChI=1S/C86H163NO10/c1-3-5-7-9-11-13-15-16-17-18-40-44-47-50-54-58-62-66-70-74-82(91)95-75-71-67-63-59-55-51-48-45-42-39-37-35-33-31-29-27-25-23-21-19-20-22-24-26-28-30-32-34-36-38-41-43-46-49-53-57-61-65-69-73-81(90)87-78(77-96-86-85(94)84(93)83(92)80(76-88)97-86)79(89)72-68-64-60-56-52-14-12-10-8-6-4-2/h16-17,19-20,68,72,78-80,83-86,88-89,92-94H,3-15,18,21-67,69-71,73-77H2,1-2H3,(H,87,90)/b17-16-,20-19-,72-68+. The van der Waals surface area contributed by atoms with Gasteiger partial charge in [-0.1, -0.05) is 378 Å². The Labute approximate surface area is 600 Å². The van der Waals surface area contributed by atoms with Gasteiger partial charge in [0.2, 0.25) is 5.91 Å². The van der Waals surface area contributed by atoms with Crippen molar-refractivity contribution in [2.45, 2.75) is 480 Å². The van der Waals surface area contributed by atoms with E-state index in [1.54, 1.807) is 6.08 Å². The summed E-state index contributed by atoms with van der Waals surface area (Å²) in [5.74, 6) is -0.159. The lowest BCUT2D eigenvalue weighted by Crippen LogP contribution is -2.60. The molecule has 1 aliphatic heterocycles. The number of unbranched alkanes of at least 4 members (excludes halogenated alkanes) is 59. The molecule has 1 saturated heterocycles. The Balaban J connectivity index is 1.84. The number of esters is 1. The van der Waals surface area contributed by atoms with Crippen molar-refractivity contribution in [2.75, 3.05) is 19.8 Å². The SMILES string of the molecule is CCCCCCCC/C=C\CCCCCCCCCCCC(=O)OCCCCCCCCCCCCCCCCCCCC/C=C\CCCCCCCCCCCCCCCCCCCC(=O)NC(COC1OC(CO)C(O)C(O)C1O)C(O)/C=C/CCCCCCCCCCC. The van der Waals surface area contributed by atoms with E-state index in [-0.39, 0.29) is 18.5 Å². The van der Waals surface area contributed by atoms with Gasteiger partial charge in [0, 0.05) is 12.8 Å². The van der Waals surface area contributed by atoms with Gasteiger partial charge in [0.15, 0.2) is 6.29 Å². The second-order valence-corrected chi connectivity index (χ2v) is 29.9. The number of rotatable bonds is 77. The molecule has 1 heterocycles. The van der Waals surface area contributed by atoms with Crippen molar-refractivity contribution in [3.8, 4) is 0 Å². The third-order valence-electron chi connectivity index (χ3n) is 20.5. The van der Waals surface area contributed by atoms with E-state index in [9.17, 15) is 35.1 Å². The number of hydrogen-bond donors (Lipinski definition) is 6. The average Bonchev–Trinajstić information content (AvgIpc) is 0.924. The number of carbonyl (C=O) groups is 2. The topological polar surface area (TPSA) is 175 Å². The van der Waals surface area contributed by atoms with E-state index in [1.807, 2.05) is 6.08 Å². The second kappa shape index (κ2) is 75.1. The Morgan fingerprint density at radius 2 is 0.660 bits per heavy atom. The molecule has 7 atom stereocenters. The molecule has 0 saturated carbocycles. The number of hydrogen-bond acceptors (Lipinski definition) is 10. The quantitative estimate of drug-likeness (QED) is 0.0195. The molecule has 1 fully saturated rings. The van der Waals surface area contributed by atoms with Crippen LogP contribution in [-0.4, -0.2) is 100 Å². The third-order valence-corrected chi connectivity index (χ3v) is 20.5. The normalized spacial score (nSPS) is 17.4. The van der Waals surface area contributed by atoms with Crippen molar-refractivity contribution >= 4 is 11.9 Å². The van der Waals surface area contributed by atoms with Crippen LogP contribution < -0.4 is 5.32 Å². The van der Waals surface area contributed by atoms with Gasteiger partial charge in [-0.05, 0) is 83.5 Å². The van der Waals surface area contributed by atoms with Gasteiger partial charge in [0.25, 0.3) is 0 Å². The smallest absolute Gasteiger partial charge is 0.305 e. The highest BCUT2D eigenvalue weighted by atomic mass is 16.7. The number of aliphatic hydroxyl groups is 5. The number of nitrogens with one attached hydrogen (secondary N) is 1. The Bertz CT molecular complexity index is 1710. The predicted octanol–water partition coefficient (Wildman–Crippen LogP) is 23.6. The lowest BCUT2D eigenvalue weighted by atomic mass is 9.99. The molecule has 0 aromatic rings. The van der Waals surface area contributed by atoms with Crippen molar-refractivity contribution in [1.82, 2.24) is 5.32 Å². The largest absolute Gasteiger partial charge is 0.466 e. The summed E-state index contributed by atoms with van der Waals surface area (Å²) in [5, 5.41) is 54.5. The first kappa shape index (κ1) is 92.9. The number of carbonyl (C=O) groups excluding carboxylic acids is 2. The van der Waals surface area contributed by atoms with Gasteiger partial charge in [-0.25, -0.2) is 0 Å². The molecular formula is C86H163NO10. The molecule has 0 aromatic heterocycles. The molecule has 97 heavy (non-hydrogen) atoms. The van der Waals surface area contributed by atoms with E-state index in [2.05, 4.69) is 43.5 Å². The maximum atomic E-state index is 13.1. The first-order valence-corrected chi connectivity index (χ1v) is 42.8. The van der Waals surface area contributed by atoms with Crippen LogP contribution >= 0.6 is 0 Å². The van der Waals surface area contributed by atoms with Crippen molar-refractivity contribution in [2.24, 2.45) is 0 Å². The molecule has 1 amide bonds. The molecule has 0 spiro atoms. The van der Waals surface area contributed by atoms with Gasteiger partial charge in [-0.2, -0.15) is 0 Å². The van der Waals surface area contributed by atoms with E-state index >= 15 is 0 Å². The summed E-state index contributed by atoms with van der Waals surface area (Å²) in [5.41, 5.74) is 0. The van der Waals surface area contributed by atoms with Gasteiger partial charge in [0.1, 0.15) is 24.4 Å². The number of allylic oxidation sites excluding steroid dienone is 5. The van der Waals surface area contributed by atoms with Crippen molar-refractivity contribution < 1.29 is 49.3 Å². The van der Waals surface area contributed by atoms with E-state index in [0.29, 0.717) is 19.4 Å². The number of aliphatic hydroxyl groups excluding tert-OH is 5. The lowest BCUT2D eigenvalue weighted by Gasteiger charge is -2.40.